The molecule has 126 valence electrons. The van der Waals surface area contributed by atoms with Crippen molar-refractivity contribution < 1.29 is 14.3 Å². The maximum absolute atomic E-state index is 12.4. The molecule has 25 heavy (non-hydrogen) atoms. The second-order valence-electron chi connectivity index (χ2n) is 5.64. The van der Waals surface area contributed by atoms with Gasteiger partial charge in [0.1, 0.15) is 19.0 Å². The van der Waals surface area contributed by atoms with Crippen LogP contribution in [-0.4, -0.2) is 24.1 Å². The number of carbonyl (C=O) groups is 1. The number of carbonyl (C=O) groups excluding carboxylic acids is 1. The quantitative estimate of drug-likeness (QED) is 0.769. The van der Waals surface area contributed by atoms with Gasteiger partial charge in [0.25, 0.3) is 5.91 Å². The van der Waals surface area contributed by atoms with Crippen molar-refractivity contribution in [2.45, 2.75) is 6.92 Å². The summed E-state index contributed by atoms with van der Waals surface area (Å²) >= 11 is 1.43. The van der Waals surface area contributed by atoms with Crippen molar-refractivity contribution in [3.05, 3.63) is 59.1 Å². The molecule has 3 heterocycles. The average molecular weight is 352 g/mol. The van der Waals surface area contributed by atoms with Crippen molar-refractivity contribution in [2.24, 2.45) is 0 Å². The van der Waals surface area contributed by atoms with E-state index in [1.807, 2.05) is 49.4 Å². The smallest absolute Gasteiger partial charge is 0.266 e. The van der Waals surface area contributed by atoms with Gasteiger partial charge in [-0.1, -0.05) is 6.07 Å². The van der Waals surface area contributed by atoms with Gasteiger partial charge in [-0.15, -0.1) is 11.3 Å². The lowest BCUT2D eigenvalue weighted by atomic mass is 10.1. The first-order chi connectivity index (χ1) is 12.2. The molecule has 1 amide bonds. The first-order valence-electron chi connectivity index (χ1n) is 7.94. The second-order valence-corrected chi connectivity index (χ2v) is 6.72. The summed E-state index contributed by atoms with van der Waals surface area (Å²) in [5, 5.41) is 2.83. The predicted octanol–water partition coefficient (Wildman–Crippen LogP) is 4.14. The van der Waals surface area contributed by atoms with Gasteiger partial charge in [0.2, 0.25) is 0 Å². The molecule has 0 spiro atoms. The summed E-state index contributed by atoms with van der Waals surface area (Å²) in [6.07, 6.45) is 0. The van der Waals surface area contributed by atoms with Gasteiger partial charge >= 0.3 is 0 Å². The first-order valence-corrected chi connectivity index (χ1v) is 8.75. The van der Waals surface area contributed by atoms with E-state index >= 15 is 0 Å². The fraction of sp³-hybridized carbons (Fsp3) is 0.158. The van der Waals surface area contributed by atoms with Gasteiger partial charge in [-0.25, -0.2) is 4.98 Å². The Morgan fingerprint density at radius 3 is 2.76 bits per heavy atom. The molecule has 0 saturated heterocycles. The van der Waals surface area contributed by atoms with E-state index in [1.54, 1.807) is 6.07 Å². The number of fused-ring (bicyclic) bond motifs is 1. The Morgan fingerprint density at radius 2 is 1.92 bits per heavy atom. The van der Waals surface area contributed by atoms with Gasteiger partial charge in [0, 0.05) is 10.6 Å². The number of hydrogen-bond acceptors (Lipinski definition) is 5. The maximum atomic E-state index is 12.4. The Bertz CT molecular complexity index is 936. The summed E-state index contributed by atoms with van der Waals surface area (Å²) in [6, 6.07) is 15.1. The van der Waals surface area contributed by atoms with Crippen LogP contribution in [0.1, 0.15) is 15.4 Å². The number of nitrogens with zero attached hydrogens (tertiary/aromatic N) is 1. The molecule has 0 atom stereocenters. The van der Waals surface area contributed by atoms with Crippen LogP contribution in [0.5, 0.6) is 11.5 Å². The first kappa shape index (κ1) is 15.7. The number of nitrogens with one attached hydrogen (secondary N) is 1. The molecule has 1 aliphatic heterocycles. The Labute approximate surface area is 149 Å². The fourth-order valence-electron chi connectivity index (χ4n) is 2.60. The minimum atomic E-state index is -0.160. The molecule has 0 aliphatic carbocycles. The number of ether oxygens (including phenoxy) is 2. The van der Waals surface area contributed by atoms with Crippen molar-refractivity contribution in [1.82, 2.24) is 4.98 Å². The minimum Gasteiger partial charge on any atom is -0.486 e. The Balaban J connectivity index is 1.54. The number of rotatable bonds is 3. The molecule has 2 aromatic heterocycles. The molecule has 1 aliphatic rings. The number of benzene rings is 1. The molecule has 1 N–H and O–H groups in total. The van der Waals surface area contributed by atoms with Crippen molar-refractivity contribution in [3.63, 3.8) is 0 Å². The molecule has 0 radical (unpaired) electrons. The largest absolute Gasteiger partial charge is 0.486 e. The Hall–Kier alpha value is -2.86. The van der Waals surface area contributed by atoms with Crippen LogP contribution in [-0.2, 0) is 0 Å². The lowest BCUT2D eigenvalue weighted by Crippen LogP contribution is -2.15. The second kappa shape index (κ2) is 6.57. The number of hydrogen-bond donors (Lipinski definition) is 1. The molecule has 0 fully saturated rings. The number of aryl methyl sites for hydroxylation is 1. The van der Waals surface area contributed by atoms with E-state index < -0.39 is 0 Å². The molecular weight excluding hydrogens is 336 g/mol. The zero-order chi connectivity index (χ0) is 17.2. The molecule has 0 bridgehead atoms. The van der Waals surface area contributed by atoms with Crippen LogP contribution < -0.4 is 14.8 Å². The molecule has 3 aromatic rings. The van der Waals surface area contributed by atoms with Crippen LogP contribution in [0.25, 0.3) is 10.4 Å². The average Bonchev–Trinajstić information content (AvgIpc) is 3.12. The van der Waals surface area contributed by atoms with Crippen molar-refractivity contribution in [1.29, 1.82) is 0 Å². The standard InChI is InChI=1S/C19H16N2O3S/c1-12-3-2-4-18(20-12)21-19(22)17-8-7-16(25-17)13-5-6-14-15(11-13)24-10-9-23-14/h2-8,11H,9-10H2,1H3,(H,20,21,22). The molecular formula is C19H16N2O3S. The summed E-state index contributed by atoms with van der Waals surface area (Å²) in [4.78, 5) is 18.3. The lowest BCUT2D eigenvalue weighted by Gasteiger charge is -2.18. The summed E-state index contributed by atoms with van der Waals surface area (Å²) < 4.78 is 11.2. The van der Waals surface area contributed by atoms with Crippen LogP contribution in [0, 0.1) is 6.92 Å². The number of pyridine rings is 1. The molecule has 0 saturated carbocycles. The van der Waals surface area contributed by atoms with E-state index in [0.717, 1.165) is 27.6 Å². The summed E-state index contributed by atoms with van der Waals surface area (Å²) in [7, 11) is 0. The highest BCUT2D eigenvalue weighted by Crippen LogP contribution is 2.37. The highest BCUT2D eigenvalue weighted by Gasteiger charge is 2.15. The van der Waals surface area contributed by atoms with E-state index in [0.29, 0.717) is 23.9 Å². The topological polar surface area (TPSA) is 60.5 Å². The predicted molar refractivity (Wildman–Crippen MR) is 97.7 cm³/mol. The van der Waals surface area contributed by atoms with E-state index in [4.69, 9.17) is 9.47 Å². The molecule has 1 aromatic carbocycles. The van der Waals surface area contributed by atoms with E-state index in [1.165, 1.54) is 11.3 Å². The number of thiophene rings is 1. The number of amides is 1. The van der Waals surface area contributed by atoms with Crippen LogP contribution in [0.4, 0.5) is 5.82 Å². The summed E-state index contributed by atoms with van der Waals surface area (Å²) in [5.41, 5.74) is 1.86. The molecule has 5 nitrogen and oxygen atoms in total. The minimum absolute atomic E-state index is 0.160. The Kier molecular flexibility index (Phi) is 4.11. The van der Waals surface area contributed by atoms with Crippen LogP contribution in [0.15, 0.2) is 48.5 Å². The zero-order valence-electron chi connectivity index (χ0n) is 13.6. The Morgan fingerprint density at radius 1 is 1.08 bits per heavy atom. The van der Waals surface area contributed by atoms with Crippen molar-refractivity contribution in [2.75, 3.05) is 18.5 Å². The molecule has 0 unspecified atom stereocenters. The van der Waals surface area contributed by atoms with Crippen molar-refractivity contribution >= 4 is 23.1 Å². The van der Waals surface area contributed by atoms with Gasteiger partial charge in [-0.05, 0) is 55.0 Å². The van der Waals surface area contributed by atoms with Gasteiger partial charge < -0.3 is 14.8 Å². The van der Waals surface area contributed by atoms with Gasteiger partial charge in [0.05, 0.1) is 4.88 Å². The number of aromatic nitrogens is 1. The van der Waals surface area contributed by atoms with Crippen LogP contribution in [0.3, 0.4) is 0 Å². The normalized spacial score (nSPS) is 12.7. The number of anilines is 1. The van der Waals surface area contributed by atoms with Crippen molar-refractivity contribution in [3.8, 4) is 21.9 Å². The highest BCUT2D eigenvalue weighted by molar-refractivity contribution is 7.17. The van der Waals surface area contributed by atoms with E-state index in [-0.39, 0.29) is 5.91 Å². The van der Waals surface area contributed by atoms with Gasteiger partial charge in [0.15, 0.2) is 11.5 Å². The highest BCUT2D eigenvalue weighted by atomic mass is 32.1. The van der Waals surface area contributed by atoms with Crippen LogP contribution in [0.2, 0.25) is 0 Å². The van der Waals surface area contributed by atoms with E-state index in [2.05, 4.69) is 10.3 Å². The third kappa shape index (κ3) is 3.34. The summed E-state index contributed by atoms with van der Waals surface area (Å²) in [5.74, 6) is 1.90. The third-order valence-corrected chi connectivity index (χ3v) is 4.92. The maximum Gasteiger partial charge on any atom is 0.266 e. The third-order valence-electron chi connectivity index (χ3n) is 3.79. The lowest BCUT2D eigenvalue weighted by molar-refractivity contribution is 0.103. The van der Waals surface area contributed by atoms with Crippen LogP contribution >= 0.6 is 11.3 Å². The van der Waals surface area contributed by atoms with Gasteiger partial charge in [-0.2, -0.15) is 0 Å². The fourth-order valence-corrected chi connectivity index (χ4v) is 3.50. The SMILES string of the molecule is Cc1cccc(NC(=O)c2ccc(-c3ccc4c(c3)OCCO4)s2)n1. The molecule has 6 heteroatoms. The zero-order valence-corrected chi connectivity index (χ0v) is 14.4. The monoisotopic (exact) mass is 352 g/mol. The molecule has 4 rings (SSSR count). The summed E-state index contributed by atoms with van der Waals surface area (Å²) in [6.45, 7) is 3.02. The van der Waals surface area contributed by atoms with E-state index in [9.17, 15) is 4.79 Å². The van der Waals surface area contributed by atoms with Gasteiger partial charge in [-0.3, -0.25) is 4.79 Å².